The van der Waals surface area contributed by atoms with Gasteiger partial charge >= 0.3 is 0 Å². The van der Waals surface area contributed by atoms with Gasteiger partial charge in [-0.3, -0.25) is 10.1 Å². The molecule has 2 aromatic rings. The lowest BCUT2D eigenvalue weighted by atomic mass is 9.83. The molecule has 0 saturated carbocycles. The van der Waals surface area contributed by atoms with Gasteiger partial charge in [-0.25, -0.2) is 0 Å². The molecule has 22 heavy (non-hydrogen) atoms. The van der Waals surface area contributed by atoms with Crippen LogP contribution in [-0.2, 0) is 5.60 Å². The van der Waals surface area contributed by atoms with Gasteiger partial charge in [-0.1, -0.05) is 18.2 Å². The topological polar surface area (TPSA) is 72.6 Å². The van der Waals surface area contributed by atoms with Gasteiger partial charge in [0.1, 0.15) is 18.0 Å². The van der Waals surface area contributed by atoms with Crippen LogP contribution in [0.15, 0.2) is 30.9 Å². The van der Waals surface area contributed by atoms with Crippen molar-refractivity contribution in [3.05, 3.63) is 57.7 Å². The van der Waals surface area contributed by atoms with E-state index in [4.69, 9.17) is 4.74 Å². The summed E-state index contributed by atoms with van der Waals surface area (Å²) in [5.41, 5.74) is 0.996. The molecular weight excluding hydrogens is 282 g/mol. The highest BCUT2D eigenvalue weighted by molar-refractivity contribution is 6.02. The number of nitro benzene ring substituents is 1. The van der Waals surface area contributed by atoms with Gasteiger partial charge in [-0.2, -0.15) is 0 Å². The van der Waals surface area contributed by atoms with Gasteiger partial charge in [0.15, 0.2) is 0 Å². The molecule has 0 saturated heterocycles. The van der Waals surface area contributed by atoms with E-state index in [-0.39, 0.29) is 17.2 Å². The van der Waals surface area contributed by atoms with E-state index >= 15 is 0 Å². The average Bonchev–Trinajstić information content (AvgIpc) is 2.45. The smallest absolute Gasteiger partial charge is 0.278 e. The Kier molecular flexibility index (Phi) is 3.18. The zero-order valence-electron chi connectivity index (χ0n) is 12.5. The van der Waals surface area contributed by atoms with Crippen LogP contribution in [0.1, 0.15) is 23.1 Å². The number of benzene rings is 2. The third kappa shape index (κ3) is 1.89. The van der Waals surface area contributed by atoms with Crippen molar-refractivity contribution in [3.8, 4) is 5.75 Å². The van der Waals surface area contributed by atoms with Crippen molar-refractivity contribution >= 4 is 16.5 Å². The fourth-order valence-corrected chi connectivity index (χ4v) is 3.21. The molecule has 5 heteroatoms. The maximum Gasteiger partial charge on any atom is 0.278 e. The first kappa shape index (κ1) is 14.5. The van der Waals surface area contributed by atoms with Crippen LogP contribution in [0.25, 0.3) is 10.8 Å². The SMILES string of the molecule is C=CCC1(O)COc2c(C)cc([N+](=O)[O-])c3c(C)ccc1c23. The first-order chi connectivity index (χ1) is 10.4. The second-order valence-electron chi connectivity index (χ2n) is 5.79. The Labute approximate surface area is 128 Å². The summed E-state index contributed by atoms with van der Waals surface area (Å²) in [4.78, 5) is 11.0. The largest absolute Gasteiger partial charge is 0.489 e. The maximum absolute atomic E-state index is 11.4. The van der Waals surface area contributed by atoms with Gasteiger partial charge < -0.3 is 9.84 Å². The predicted molar refractivity (Wildman–Crippen MR) is 84.3 cm³/mol. The van der Waals surface area contributed by atoms with Crippen LogP contribution in [0, 0.1) is 24.0 Å². The first-order valence-corrected chi connectivity index (χ1v) is 7.07. The van der Waals surface area contributed by atoms with Crippen molar-refractivity contribution in [3.63, 3.8) is 0 Å². The van der Waals surface area contributed by atoms with Crippen molar-refractivity contribution in [1.29, 1.82) is 0 Å². The molecule has 0 aromatic heterocycles. The van der Waals surface area contributed by atoms with E-state index < -0.39 is 5.60 Å². The third-order valence-corrected chi connectivity index (χ3v) is 4.24. The molecule has 0 spiro atoms. The van der Waals surface area contributed by atoms with E-state index in [1.165, 1.54) is 6.07 Å². The van der Waals surface area contributed by atoms with Gasteiger partial charge in [0.25, 0.3) is 5.69 Å². The molecule has 1 aliphatic heterocycles. The van der Waals surface area contributed by atoms with E-state index in [0.29, 0.717) is 34.1 Å². The number of nitrogens with zero attached hydrogens (tertiary/aromatic N) is 1. The molecule has 5 nitrogen and oxygen atoms in total. The fourth-order valence-electron chi connectivity index (χ4n) is 3.21. The Balaban J connectivity index is 2.49. The molecule has 0 radical (unpaired) electrons. The normalized spacial score (nSPS) is 19.8. The molecule has 0 fully saturated rings. The molecule has 1 unspecified atom stereocenters. The van der Waals surface area contributed by atoms with Crippen LogP contribution < -0.4 is 4.74 Å². The summed E-state index contributed by atoms with van der Waals surface area (Å²) in [5, 5.41) is 23.5. The molecule has 1 atom stereocenters. The number of ether oxygens (including phenoxy) is 1. The van der Waals surface area contributed by atoms with E-state index in [1.54, 1.807) is 13.0 Å². The predicted octanol–water partition coefficient (Wildman–Crippen LogP) is 3.52. The molecular formula is C17H17NO4. The monoisotopic (exact) mass is 299 g/mol. The van der Waals surface area contributed by atoms with Crippen LogP contribution in [0.5, 0.6) is 5.75 Å². The van der Waals surface area contributed by atoms with Crippen LogP contribution in [0.4, 0.5) is 5.69 Å². The van der Waals surface area contributed by atoms with Gasteiger partial charge in [-0.15, -0.1) is 6.58 Å². The Morgan fingerprint density at radius 2 is 2.14 bits per heavy atom. The minimum atomic E-state index is -1.21. The Morgan fingerprint density at radius 1 is 1.41 bits per heavy atom. The highest BCUT2D eigenvalue weighted by atomic mass is 16.6. The van der Waals surface area contributed by atoms with Gasteiger partial charge in [0.2, 0.25) is 0 Å². The second kappa shape index (κ2) is 4.81. The number of nitro groups is 1. The minimum Gasteiger partial charge on any atom is -0.489 e. The molecule has 1 aliphatic rings. The van der Waals surface area contributed by atoms with Crippen molar-refractivity contribution in [2.24, 2.45) is 0 Å². The summed E-state index contributed by atoms with van der Waals surface area (Å²) in [6, 6.07) is 5.17. The first-order valence-electron chi connectivity index (χ1n) is 7.07. The van der Waals surface area contributed by atoms with Crippen LogP contribution in [0.3, 0.4) is 0 Å². The highest BCUT2D eigenvalue weighted by Crippen LogP contribution is 2.47. The van der Waals surface area contributed by atoms with Crippen LogP contribution >= 0.6 is 0 Å². The number of hydrogen-bond donors (Lipinski definition) is 1. The summed E-state index contributed by atoms with van der Waals surface area (Å²) < 4.78 is 5.76. The molecule has 2 aromatic carbocycles. The van der Waals surface area contributed by atoms with Crippen LogP contribution in [-0.4, -0.2) is 16.6 Å². The Morgan fingerprint density at radius 3 is 2.77 bits per heavy atom. The minimum absolute atomic E-state index is 0.0436. The van der Waals surface area contributed by atoms with E-state index in [0.717, 1.165) is 5.56 Å². The average molecular weight is 299 g/mol. The van der Waals surface area contributed by atoms with Crippen molar-refractivity contribution in [2.45, 2.75) is 25.9 Å². The van der Waals surface area contributed by atoms with Crippen molar-refractivity contribution in [2.75, 3.05) is 6.61 Å². The van der Waals surface area contributed by atoms with Crippen LogP contribution in [0.2, 0.25) is 0 Å². The standard InChI is InChI=1S/C17H17NO4/c1-4-7-17(19)9-22-16-11(3)8-13(18(20)21)14-10(2)5-6-12(17)15(14)16/h4-6,8,19H,1,7,9H2,2-3H3. The molecule has 0 amide bonds. The molecule has 0 aliphatic carbocycles. The van der Waals surface area contributed by atoms with Gasteiger partial charge in [-0.05, 0) is 30.5 Å². The number of non-ortho nitro benzene ring substituents is 1. The molecule has 3 rings (SSSR count). The fraction of sp³-hybridized carbons (Fsp3) is 0.294. The van der Waals surface area contributed by atoms with E-state index in [1.807, 2.05) is 19.1 Å². The zero-order valence-corrected chi connectivity index (χ0v) is 12.5. The van der Waals surface area contributed by atoms with E-state index in [9.17, 15) is 15.2 Å². The summed E-state index contributed by atoms with van der Waals surface area (Å²) in [6.45, 7) is 7.40. The number of aryl methyl sites for hydroxylation is 2. The lowest BCUT2D eigenvalue weighted by Gasteiger charge is -2.34. The van der Waals surface area contributed by atoms with Crippen molar-refractivity contribution < 1.29 is 14.8 Å². The molecule has 1 N–H and O–H groups in total. The maximum atomic E-state index is 11.4. The Bertz CT molecular complexity index is 812. The van der Waals surface area contributed by atoms with Gasteiger partial charge in [0, 0.05) is 17.9 Å². The second-order valence-corrected chi connectivity index (χ2v) is 5.79. The summed E-state index contributed by atoms with van der Waals surface area (Å²) in [6.07, 6.45) is 1.95. The lowest BCUT2D eigenvalue weighted by Crippen LogP contribution is -2.36. The number of rotatable bonds is 3. The quantitative estimate of drug-likeness (QED) is 0.534. The summed E-state index contributed by atoms with van der Waals surface area (Å²) in [5.74, 6) is 0.619. The number of aliphatic hydroxyl groups is 1. The zero-order chi connectivity index (χ0) is 16.1. The molecule has 1 heterocycles. The summed E-state index contributed by atoms with van der Waals surface area (Å²) >= 11 is 0. The third-order valence-electron chi connectivity index (χ3n) is 4.24. The van der Waals surface area contributed by atoms with Gasteiger partial charge in [0.05, 0.1) is 10.3 Å². The van der Waals surface area contributed by atoms with E-state index in [2.05, 4.69) is 6.58 Å². The Hall–Kier alpha value is -2.40. The molecule has 0 bridgehead atoms. The van der Waals surface area contributed by atoms with Crippen molar-refractivity contribution in [1.82, 2.24) is 0 Å². The number of hydrogen-bond acceptors (Lipinski definition) is 4. The summed E-state index contributed by atoms with van der Waals surface area (Å²) in [7, 11) is 0. The molecule has 114 valence electrons. The highest BCUT2D eigenvalue weighted by Gasteiger charge is 2.38. The lowest BCUT2D eigenvalue weighted by molar-refractivity contribution is -0.383.